The molecule has 0 aliphatic carbocycles. The summed E-state index contributed by atoms with van der Waals surface area (Å²) < 4.78 is 0. The van der Waals surface area contributed by atoms with Crippen molar-refractivity contribution >= 4 is 0 Å². The van der Waals surface area contributed by atoms with Gasteiger partial charge >= 0.3 is 0 Å². The van der Waals surface area contributed by atoms with Crippen LogP contribution in [0.2, 0.25) is 0 Å². The Morgan fingerprint density at radius 1 is 1.64 bits per heavy atom. The Morgan fingerprint density at radius 3 is 2.73 bits per heavy atom. The molecule has 0 aliphatic rings. The average Bonchev–Trinajstić information content (AvgIpc) is 1.97. The molecule has 1 atom stereocenters. The third kappa shape index (κ3) is 7.17. The Labute approximate surface area is 70.0 Å². The Bertz CT molecular complexity index is 136. The molecular weight excluding hydrogens is 134 g/mol. The van der Waals surface area contributed by atoms with Gasteiger partial charge in [-0.25, -0.2) is 0 Å². The van der Waals surface area contributed by atoms with E-state index in [1.54, 1.807) is 0 Å². The van der Waals surface area contributed by atoms with Crippen LogP contribution in [0.15, 0.2) is 24.4 Å². The first-order valence-electron chi connectivity index (χ1n) is 4.21. The molecule has 0 aromatic rings. The first-order valence-corrected chi connectivity index (χ1v) is 4.21. The number of allylic oxidation sites excluding steroid dienone is 3. The largest absolute Gasteiger partial charge is 0.403 e. The van der Waals surface area contributed by atoms with Crippen LogP contribution in [-0.4, -0.2) is 0 Å². The molecule has 0 bridgehead atoms. The van der Waals surface area contributed by atoms with Crippen molar-refractivity contribution < 1.29 is 0 Å². The zero-order chi connectivity index (χ0) is 8.69. The standard InChI is InChI=1S/C10H19N/c1-4-5-6-9(2)7-8-10(3)11/h4-5,9H,3,6-8,11H2,1-2H3/b5-4+/t9-/m1/s1. The summed E-state index contributed by atoms with van der Waals surface area (Å²) >= 11 is 0. The smallest absolute Gasteiger partial charge is 0.000754 e. The van der Waals surface area contributed by atoms with Gasteiger partial charge in [0.1, 0.15) is 0 Å². The van der Waals surface area contributed by atoms with E-state index in [9.17, 15) is 0 Å². The molecule has 0 fully saturated rings. The van der Waals surface area contributed by atoms with E-state index in [1.165, 1.54) is 0 Å². The summed E-state index contributed by atoms with van der Waals surface area (Å²) in [5, 5.41) is 0. The lowest BCUT2D eigenvalue weighted by atomic mass is 10.0. The maximum Gasteiger partial charge on any atom is 0.000754 e. The quantitative estimate of drug-likeness (QED) is 0.604. The summed E-state index contributed by atoms with van der Waals surface area (Å²) in [5.74, 6) is 0.728. The van der Waals surface area contributed by atoms with E-state index >= 15 is 0 Å². The SMILES string of the molecule is C=C(N)CC[C@H](C)C/C=C/C. The predicted octanol–water partition coefficient (Wildman–Crippen LogP) is 2.84. The molecule has 0 saturated carbocycles. The molecule has 1 nitrogen and oxygen atoms in total. The van der Waals surface area contributed by atoms with Gasteiger partial charge in [0.2, 0.25) is 0 Å². The van der Waals surface area contributed by atoms with Crippen LogP contribution in [0.4, 0.5) is 0 Å². The number of hydrogen-bond donors (Lipinski definition) is 1. The summed E-state index contributed by atoms with van der Waals surface area (Å²) in [7, 11) is 0. The molecular formula is C10H19N. The first-order chi connectivity index (χ1) is 5.16. The van der Waals surface area contributed by atoms with E-state index in [0.29, 0.717) is 0 Å². The lowest BCUT2D eigenvalue weighted by Gasteiger charge is -2.07. The van der Waals surface area contributed by atoms with Crippen LogP contribution in [0, 0.1) is 5.92 Å². The number of nitrogens with two attached hydrogens (primary N) is 1. The summed E-state index contributed by atoms with van der Waals surface area (Å²) in [5.41, 5.74) is 6.26. The van der Waals surface area contributed by atoms with Crippen molar-refractivity contribution in [3.63, 3.8) is 0 Å². The van der Waals surface area contributed by atoms with Crippen LogP contribution in [0.3, 0.4) is 0 Å². The van der Waals surface area contributed by atoms with Gasteiger partial charge in [0, 0.05) is 5.70 Å². The molecule has 2 N–H and O–H groups in total. The van der Waals surface area contributed by atoms with Crippen molar-refractivity contribution in [3.05, 3.63) is 24.4 Å². The molecule has 64 valence electrons. The zero-order valence-electron chi connectivity index (χ0n) is 7.64. The van der Waals surface area contributed by atoms with Gasteiger partial charge < -0.3 is 5.73 Å². The van der Waals surface area contributed by atoms with Crippen molar-refractivity contribution in [2.24, 2.45) is 11.7 Å². The Kier molecular flexibility index (Phi) is 5.63. The van der Waals surface area contributed by atoms with Crippen molar-refractivity contribution in [3.8, 4) is 0 Å². The Morgan fingerprint density at radius 2 is 2.27 bits per heavy atom. The van der Waals surface area contributed by atoms with Gasteiger partial charge in [-0.2, -0.15) is 0 Å². The second-order valence-corrected chi connectivity index (χ2v) is 3.11. The van der Waals surface area contributed by atoms with Gasteiger partial charge in [0.25, 0.3) is 0 Å². The molecule has 0 radical (unpaired) electrons. The minimum absolute atomic E-state index is 0.728. The molecule has 0 saturated heterocycles. The Hall–Kier alpha value is -0.720. The van der Waals surface area contributed by atoms with Gasteiger partial charge in [-0.1, -0.05) is 25.7 Å². The van der Waals surface area contributed by atoms with Crippen LogP contribution in [-0.2, 0) is 0 Å². The van der Waals surface area contributed by atoms with Crippen molar-refractivity contribution in [1.82, 2.24) is 0 Å². The van der Waals surface area contributed by atoms with Crippen LogP contribution >= 0.6 is 0 Å². The molecule has 0 unspecified atom stereocenters. The fourth-order valence-electron chi connectivity index (χ4n) is 0.918. The van der Waals surface area contributed by atoms with E-state index in [2.05, 4.69) is 32.6 Å². The zero-order valence-corrected chi connectivity index (χ0v) is 7.64. The van der Waals surface area contributed by atoms with E-state index < -0.39 is 0 Å². The highest BCUT2D eigenvalue weighted by atomic mass is 14.6. The molecule has 0 spiro atoms. The summed E-state index contributed by atoms with van der Waals surface area (Å²) in [6.07, 6.45) is 7.56. The monoisotopic (exact) mass is 153 g/mol. The van der Waals surface area contributed by atoms with Gasteiger partial charge in [-0.05, 0) is 32.1 Å². The highest BCUT2D eigenvalue weighted by Gasteiger charge is 1.98. The minimum Gasteiger partial charge on any atom is -0.403 e. The van der Waals surface area contributed by atoms with Gasteiger partial charge in [0.15, 0.2) is 0 Å². The lowest BCUT2D eigenvalue weighted by Crippen LogP contribution is -1.99. The molecule has 0 heterocycles. The lowest BCUT2D eigenvalue weighted by molar-refractivity contribution is 0.538. The normalized spacial score (nSPS) is 13.6. The third-order valence-electron chi connectivity index (χ3n) is 1.73. The summed E-state index contributed by atoms with van der Waals surface area (Å²) in [4.78, 5) is 0. The highest BCUT2D eigenvalue weighted by Crippen LogP contribution is 2.12. The van der Waals surface area contributed by atoms with Crippen molar-refractivity contribution in [2.45, 2.75) is 33.1 Å². The van der Waals surface area contributed by atoms with E-state index in [1.807, 2.05) is 0 Å². The topological polar surface area (TPSA) is 26.0 Å². The summed E-state index contributed by atoms with van der Waals surface area (Å²) in [6, 6.07) is 0. The average molecular weight is 153 g/mol. The molecule has 11 heavy (non-hydrogen) atoms. The van der Waals surface area contributed by atoms with Crippen LogP contribution in [0.5, 0.6) is 0 Å². The molecule has 0 amide bonds. The fraction of sp³-hybridized carbons (Fsp3) is 0.600. The molecule has 1 heteroatoms. The van der Waals surface area contributed by atoms with Crippen molar-refractivity contribution in [1.29, 1.82) is 0 Å². The van der Waals surface area contributed by atoms with E-state index in [-0.39, 0.29) is 0 Å². The van der Waals surface area contributed by atoms with Crippen LogP contribution in [0.1, 0.15) is 33.1 Å². The van der Waals surface area contributed by atoms with Gasteiger partial charge in [0.05, 0.1) is 0 Å². The van der Waals surface area contributed by atoms with Crippen LogP contribution < -0.4 is 5.73 Å². The minimum atomic E-state index is 0.728. The van der Waals surface area contributed by atoms with Crippen molar-refractivity contribution in [2.75, 3.05) is 0 Å². The van der Waals surface area contributed by atoms with E-state index in [4.69, 9.17) is 5.73 Å². The maximum absolute atomic E-state index is 5.46. The predicted molar refractivity (Wildman–Crippen MR) is 51.2 cm³/mol. The second-order valence-electron chi connectivity index (χ2n) is 3.11. The first kappa shape index (κ1) is 10.3. The highest BCUT2D eigenvalue weighted by molar-refractivity contribution is 4.87. The number of hydrogen-bond acceptors (Lipinski definition) is 1. The Balaban J connectivity index is 3.36. The third-order valence-corrected chi connectivity index (χ3v) is 1.73. The van der Waals surface area contributed by atoms with Gasteiger partial charge in [-0.15, -0.1) is 0 Å². The number of rotatable bonds is 5. The second kappa shape index (κ2) is 6.02. The maximum atomic E-state index is 5.46. The molecule has 0 aromatic heterocycles. The van der Waals surface area contributed by atoms with E-state index in [0.717, 1.165) is 30.9 Å². The molecule has 0 aromatic carbocycles. The fourth-order valence-corrected chi connectivity index (χ4v) is 0.918. The molecule has 0 rings (SSSR count). The summed E-state index contributed by atoms with van der Waals surface area (Å²) in [6.45, 7) is 7.96. The van der Waals surface area contributed by atoms with Crippen LogP contribution in [0.25, 0.3) is 0 Å². The van der Waals surface area contributed by atoms with Gasteiger partial charge in [-0.3, -0.25) is 0 Å². The molecule has 0 aliphatic heterocycles.